The van der Waals surface area contributed by atoms with Gasteiger partial charge < -0.3 is 15.8 Å². The molecule has 2 saturated heterocycles. The number of amides is 1. The Morgan fingerprint density at radius 2 is 2.32 bits per heavy atom. The quantitative estimate of drug-likeness (QED) is 0.835. The van der Waals surface area contributed by atoms with E-state index in [1.807, 2.05) is 17.8 Å². The molecule has 3 rings (SSSR count). The molecule has 120 valence electrons. The molecule has 0 spiro atoms. The highest BCUT2D eigenvalue weighted by Crippen LogP contribution is 2.34. The minimum Gasteiger partial charge on any atom is -0.382 e. The van der Waals surface area contributed by atoms with Crippen LogP contribution >= 0.6 is 11.8 Å². The summed E-state index contributed by atoms with van der Waals surface area (Å²) in [5, 5.41) is 3.44. The lowest BCUT2D eigenvalue weighted by Gasteiger charge is -2.43. The number of morpholine rings is 1. The number of nitrogens with two attached hydrogens (primary N) is 1. The Bertz CT molecular complexity index is 528. The van der Waals surface area contributed by atoms with Crippen molar-refractivity contribution >= 4 is 23.4 Å². The van der Waals surface area contributed by atoms with Crippen LogP contribution in [0.4, 0.5) is 5.69 Å². The fourth-order valence-corrected chi connectivity index (χ4v) is 4.62. The molecule has 2 aliphatic heterocycles. The van der Waals surface area contributed by atoms with Gasteiger partial charge in [-0.25, -0.2) is 0 Å². The summed E-state index contributed by atoms with van der Waals surface area (Å²) in [4.78, 5) is 18.0. The average molecular weight is 322 g/mol. The Labute approximate surface area is 134 Å². The predicted molar refractivity (Wildman–Crippen MR) is 88.3 cm³/mol. The van der Waals surface area contributed by atoms with Crippen molar-refractivity contribution in [2.24, 2.45) is 5.73 Å². The van der Waals surface area contributed by atoms with Gasteiger partial charge in [0.1, 0.15) is 0 Å². The maximum absolute atomic E-state index is 11.5. The smallest absolute Gasteiger partial charge is 0.252 e. The number of carbonyl (C=O) groups excluding carboxylic acids is 1. The van der Waals surface area contributed by atoms with Gasteiger partial charge in [0.2, 0.25) is 0 Å². The first kappa shape index (κ1) is 15.6. The first-order valence-electron chi connectivity index (χ1n) is 7.59. The van der Waals surface area contributed by atoms with Gasteiger partial charge in [0, 0.05) is 43.3 Å². The van der Waals surface area contributed by atoms with Gasteiger partial charge in [-0.1, -0.05) is 0 Å². The first-order valence-corrected chi connectivity index (χ1v) is 8.75. The van der Waals surface area contributed by atoms with Crippen LogP contribution in [0.5, 0.6) is 0 Å². The van der Waals surface area contributed by atoms with Crippen molar-refractivity contribution < 1.29 is 9.53 Å². The van der Waals surface area contributed by atoms with Gasteiger partial charge in [-0.3, -0.25) is 14.7 Å². The maximum atomic E-state index is 11.5. The van der Waals surface area contributed by atoms with Crippen LogP contribution < -0.4 is 11.1 Å². The standard InChI is InChI=1S/C15H22N4O2S/c16-14(20)12-9-17-3-1-13(12)18-10-15(2-8-22-11-15)19-4-6-21-7-5-19/h1,3,9H,2,4-8,10-11H2,(H2,16,20)(H,17,18). The van der Waals surface area contributed by atoms with Crippen LogP contribution in [0.2, 0.25) is 0 Å². The third-order valence-electron chi connectivity index (χ3n) is 4.46. The van der Waals surface area contributed by atoms with Gasteiger partial charge in [0.25, 0.3) is 5.91 Å². The molecule has 1 aromatic rings. The van der Waals surface area contributed by atoms with Gasteiger partial charge in [-0.15, -0.1) is 0 Å². The summed E-state index contributed by atoms with van der Waals surface area (Å²) in [6.45, 7) is 4.36. The molecule has 1 unspecified atom stereocenters. The van der Waals surface area contributed by atoms with Crippen LogP contribution in [0.25, 0.3) is 0 Å². The number of nitrogens with zero attached hydrogens (tertiary/aromatic N) is 2. The van der Waals surface area contributed by atoms with E-state index in [0.717, 1.165) is 50.7 Å². The molecule has 0 aliphatic carbocycles. The summed E-state index contributed by atoms with van der Waals surface area (Å²) in [6, 6.07) is 1.81. The molecule has 6 nitrogen and oxygen atoms in total. The lowest BCUT2D eigenvalue weighted by atomic mass is 9.95. The summed E-state index contributed by atoms with van der Waals surface area (Å²) >= 11 is 1.99. The molecular formula is C15H22N4O2S. The molecule has 22 heavy (non-hydrogen) atoms. The van der Waals surface area contributed by atoms with E-state index in [4.69, 9.17) is 10.5 Å². The van der Waals surface area contributed by atoms with Crippen LogP contribution in [0.3, 0.4) is 0 Å². The third-order valence-corrected chi connectivity index (χ3v) is 5.69. The second-order valence-electron chi connectivity index (χ2n) is 5.77. The summed E-state index contributed by atoms with van der Waals surface area (Å²) in [7, 11) is 0. The topological polar surface area (TPSA) is 80.5 Å². The van der Waals surface area contributed by atoms with Crippen LogP contribution in [-0.4, -0.2) is 65.7 Å². The summed E-state index contributed by atoms with van der Waals surface area (Å²) in [5.74, 6) is 1.84. The average Bonchev–Trinajstić information content (AvgIpc) is 3.04. The van der Waals surface area contributed by atoms with Crippen molar-refractivity contribution in [3.05, 3.63) is 24.0 Å². The number of rotatable bonds is 5. The van der Waals surface area contributed by atoms with Gasteiger partial charge >= 0.3 is 0 Å². The Kier molecular flexibility index (Phi) is 4.85. The monoisotopic (exact) mass is 322 g/mol. The van der Waals surface area contributed by atoms with Crippen LogP contribution in [-0.2, 0) is 4.74 Å². The molecule has 0 bridgehead atoms. The van der Waals surface area contributed by atoms with Crippen LogP contribution in [0.15, 0.2) is 18.5 Å². The zero-order valence-electron chi connectivity index (χ0n) is 12.6. The van der Waals surface area contributed by atoms with Crippen molar-refractivity contribution in [2.75, 3.05) is 49.7 Å². The van der Waals surface area contributed by atoms with E-state index in [2.05, 4.69) is 15.2 Å². The number of hydrogen-bond acceptors (Lipinski definition) is 6. The highest BCUT2D eigenvalue weighted by Gasteiger charge is 2.40. The molecule has 3 N–H and O–H groups in total. The summed E-state index contributed by atoms with van der Waals surface area (Å²) in [5.41, 5.74) is 6.78. The molecule has 7 heteroatoms. The van der Waals surface area contributed by atoms with Crippen molar-refractivity contribution in [1.82, 2.24) is 9.88 Å². The third kappa shape index (κ3) is 3.21. The molecule has 1 aromatic heterocycles. The van der Waals surface area contributed by atoms with Crippen molar-refractivity contribution in [3.8, 4) is 0 Å². The molecule has 1 atom stereocenters. The first-order chi connectivity index (χ1) is 10.7. The van der Waals surface area contributed by atoms with E-state index in [1.165, 1.54) is 11.9 Å². The largest absolute Gasteiger partial charge is 0.382 e. The fraction of sp³-hybridized carbons (Fsp3) is 0.600. The number of carbonyl (C=O) groups is 1. The SMILES string of the molecule is NC(=O)c1cnccc1NCC1(N2CCOCC2)CCSC1. The highest BCUT2D eigenvalue weighted by molar-refractivity contribution is 7.99. The summed E-state index contributed by atoms with van der Waals surface area (Å²) < 4.78 is 5.48. The molecule has 0 aromatic carbocycles. The zero-order chi connectivity index (χ0) is 15.4. The Morgan fingerprint density at radius 1 is 1.50 bits per heavy atom. The number of pyridine rings is 1. The zero-order valence-corrected chi connectivity index (χ0v) is 13.4. The second kappa shape index (κ2) is 6.85. The molecule has 2 aliphatic rings. The van der Waals surface area contributed by atoms with E-state index >= 15 is 0 Å². The minimum absolute atomic E-state index is 0.132. The molecule has 0 saturated carbocycles. The minimum atomic E-state index is -0.447. The number of hydrogen-bond donors (Lipinski definition) is 2. The highest BCUT2D eigenvalue weighted by atomic mass is 32.2. The van der Waals surface area contributed by atoms with Crippen LogP contribution in [0, 0.1) is 0 Å². The van der Waals surface area contributed by atoms with Gasteiger partial charge in [0.05, 0.1) is 24.5 Å². The lowest BCUT2D eigenvalue weighted by molar-refractivity contribution is -0.00920. The van der Waals surface area contributed by atoms with Gasteiger partial charge in [-0.2, -0.15) is 11.8 Å². The predicted octanol–water partition coefficient (Wildman–Crippen LogP) is 0.800. The normalized spacial score (nSPS) is 26.0. The molecule has 3 heterocycles. The molecular weight excluding hydrogens is 300 g/mol. The van der Waals surface area contributed by atoms with Gasteiger partial charge in [0.15, 0.2) is 0 Å². The number of ether oxygens (including phenoxy) is 1. The van der Waals surface area contributed by atoms with Crippen molar-refractivity contribution in [3.63, 3.8) is 0 Å². The maximum Gasteiger partial charge on any atom is 0.252 e. The molecule has 0 radical (unpaired) electrons. The Balaban J connectivity index is 1.73. The summed E-state index contributed by atoms with van der Waals surface area (Å²) in [6.07, 6.45) is 4.36. The number of aromatic nitrogens is 1. The Morgan fingerprint density at radius 3 is 3.00 bits per heavy atom. The Hall–Kier alpha value is -1.31. The van der Waals surface area contributed by atoms with E-state index in [0.29, 0.717) is 5.56 Å². The lowest BCUT2D eigenvalue weighted by Crippen LogP contribution is -2.57. The molecule has 1 amide bonds. The number of anilines is 1. The second-order valence-corrected chi connectivity index (χ2v) is 6.87. The van der Waals surface area contributed by atoms with E-state index in [9.17, 15) is 4.79 Å². The number of nitrogens with one attached hydrogen (secondary N) is 1. The van der Waals surface area contributed by atoms with Gasteiger partial charge in [-0.05, 0) is 18.2 Å². The fourth-order valence-electron chi connectivity index (χ4n) is 3.14. The number of thioether (sulfide) groups is 1. The molecule has 2 fully saturated rings. The van der Waals surface area contributed by atoms with Crippen molar-refractivity contribution in [1.29, 1.82) is 0 Å². The van der Waals surface area contributed by atoms with Crippen LogP contribution in [0.1, 0.15) is 16.8 Å². The van der Waals surface area contributed by atoms with E-state index < -0.39 is 5.91 Å². The number of primary amides is 1. The van der Waals surface area contributed by atoms with Crippen molar-refractivity contribution in [2.45, 2.75) is 12.0 Å². The van der Waals surface area contributed by atoms with E-state index in [-0.39, 0.29) is 5.54 Å². The van der Waals surface area contributed by atoms with E-state index in [1.54, 1.807) is 6.20 Å².